The summed E-state index contributed by atoms with van der Waals surface area (Å²) in [5, 5.41) is 31.0. The van der Waals surface area contributed by atoms with Gasteiger partial charge in [0.25, 0.3) is 10.1 Å². The maximum Gasteiger partial charge on any atom is 0.306 e. The first-order valence-corrected chi connectivity index (χ1v) is 27.5. The summed E-state index contributed by atoms with van der Waals surface area (Å²) >= 11 is 0. The summed E-state index contributed by atoms with van der Waals surface area (Å²) < 4.78 is 54.2. The van der Waals surface area contributed by atoms with E-state index in [-0.39, 0.29) is 19.4 Å². The van der Waals surface area contributed by atoms with Crippen LogP contribution in [0.3, 0.4) is 0 Å². The standard InChI is InChI=1S/C53H92O12S/c1-3-5-7-9-11-13-15-17-19-21-23-25-27-29-31-33-35-37-39-41-48(54)62-43-46(44-63-53-52(58)51(57)50(56)47(65-53)45-66(59,60)61)64-49(55)42-40-38-36-34-32-30-28-26-24-22-20-18-16-14-12-10-8-6-4-2/h6,8,12,14,18,20,24,26,30,32,46-47,50-53,56-58H,3-5,7,9-11,13,15-17,19,21-23,25,27-29,31,33-45H2,1-2H3,(H,59,60,61)/b8-6+,14-12+,20-18+,26-24+,32-30+/t46-,47-,50-,51?,52?,53+/m1/s1. The normalized spacial score (nSPS) is 19.9. The largest absolute Gasteiger partial charge is 0.462 e. The van der Waals surface area contributed by atoms with Crippen LogP contribution in [-0.4, -0.2) is 96.0 Å². The van der Waals surface area contributed by atoms with E-state index in [0.29, 0.717) is 12.8 Å². The predicted octanol–water partition coefficient (Wildman–Crippen LogP) is 11.7. The summed E-state index contributed by atoms with van der Waals surface area (Å²) in [6.45, 7) is 3.65. The van der Waals surface area contributed by atoms with Crippen LogP contribution >= 0.6 is 0 Å². The number of rotatable bonds is 43. The van der Waals surface area contributed by atoms with Gasteiger partial charge < -0.3 is 34.3 Å². The second-order valence-electron chi connectivity index (χ2n) is 17.8. The Morgan fingerprint density at radius 1 is 0.530 bits per heavy atom. The van der Waals surface area contributed by atoms with Crippen molar-refractivity contribution < 1.29 is 56.8 Å². The molecule has 0 saturated carbocycles. The molecule has 382 valence electrons. The first-order chi connectivity index (χ1) is 32.0. The third-order valence-corrected chi connectivity index (χ3v) is 12.4. The zero-order valence-corrected chi connectivity index (χ0v) is 41.9. The number of aliphatic hydroxyl groups is 3. The van der Waals surface area contributed by atoms with E-state index in [9.17, 15) is 37.9 Å². The van der Waals surface area contributed by atoms with Crippen molar-refractivity contribution in [2.24, 2.45) is 0 Å². The van der Waals surface area contributed by atoms with E-state index in [4.69, 9.17) is 18.9 Å². The number of carbonyl (C=O) groups is 2. The van der Waals surface area contributed by atoms with Gasteiger partial charge >= 0.3 is 11.9 Å². The fraction of sp³-hybridized carbons (Fsp3) is 0.774. The number of carbonyl (C=O) groups excluding carboxylic acids is 2. The summed E-state index contributed by atoms with van der Waals surface area (Å²) in [6, 6.07) is 0. The minimum Gasteiger partial charge on any atom is -0.462 e. The lowest BCUT2D eigenvalue weighted by Crippen LogP contribution is -2.60. The molecule has 0 radical (unpaired) electrons. The quantitative estimate of drug-likeness (QED) is 0.0196. The van der Waals surface area contributed by atoms with E-state index in [1.165, 1.54) is 96.3 Å². The maximum atomic E-state index is 12.9. The molecule has 2 unspecified atom stereocenters. The van der Waals surface area contributed by atoms with Gasteiger partial charge in [0.1, 0.15) is 36.8 Å². The molecule has 12 nitrogen and oxygen atoms in total. The van der Waals surface area contributed by atoms with Gasteiger partial charge in [-0.3, -0.25) is 14.1 Å². The Bertz CT molecular complexity index is 1440. The molecule has 1 fully saturated rings. The third-order valence-electron chi connectivity index (χ3n) is 11.6. The summed E-state index contributed by atoms with van der Waals surface area (Å²) in [7, 11) is -4.61. The molecular weight excluding hydrogens is 861 g/mol. The Hall–Kier alpha value is -2.65. The molecule has 0 bridgehead atoms. The van der Waals surface area contributed by atoms with Gasteiger partial charge in [-0.05, 0) is 57.8 Å². The van der Waals surface area contributed by atoms with Crippen molar-refractivity contribution >= 4 is 22.1 Å². The van der Waals surface area contributed by atoms with Crippen LogP contribution in [0.25, 0.3) is 0 Å². The second kappa shape index (κ2) is 42.5. The van der Waals surface area contributed by atoms with Crippen LogP contribution in [0.2, 0.25) is 0 Å². The molecule has 0 spiro atoms. The lowest BCUT2D eigenvalue weighted by Gasteiger charge is -2.40. The second-order valence-corrected chi connectivity index (χ2v) is 19.3. The van der Waals surface area contributed by atoms with Crippen LogP contribution in [-0.2, 0) is 38.7 Å². The van der Waals surface area contributed by atoms with E-state index < -0.39 is 71.2 Å². The smallest absolute Gasteiger partial charge is 0.306 e. The summed E-state index contributed by atoms with van der Waals surface area (Å²) in [4.78, 5) is 25.5. The van der Waals surface area contributed by atoms with E-state index in [1.807, 2.05) is 0 Å². The Labute approximate surface area is 400 Å². The number of hydrogen-bond acceptors (Lipinski definition) is 11. The van der Waals surface area contributed by atoms with Crippen molar-refractivity contribution in [3.63, 3.8) is 0 Å². The molecule has 0 aliphatic carbocycles. The molecule has 1 rings (SSSR count). The van der Waals surface area contributed by atoms with Crippen LogP contribution in [0.4, 0.5) is 0 Å². The van der Waals surface area contributed by atoms with Gasteiger partial charge in [-0.15, -0.1) is 0 Å². The number of hydrogen-bond donors (Lipinski definition) is 4. The Balaban J connectivity index is 2.40. The summed E-state index contributed by atoms with van der Waals surface area (Å²) in [6.07, 6.45) is 44.0. The van der Waals surface area contributed by atoms with Crippen molar-refractivity contribution in [2.45, 2.75) is 243 Å². The minimum atomic E-state index is -4.61. The highest BCUT2D eigenvalue weighted by Crippen LogP contribution is 2.24. The van der Waals surface area contributed by atoms with Gasteiger partial charge in [0.05, 0.1) is 6.61 Å². The number of unbranched alkanes of at least 4 members (excludes halogenated alkanes) is 21. The van der Waals surface area contributed by atoms with Crippen molar-refractivity contribution in [3.05, 3.63) is 60.8 Å². The zero-order valence-electron chi connectivity index (χ0n) is 41.0. The van der Waals surface area contributed by atoms with Gasteiger partial charge in [-0.1, -0.05) is 197 Å². The van der Waals surface area contributed by atoms with Crippen molar-refractivity contribution in [1.82, 2.24) is 0 Å². The molecular formula is C53H92O12S. The van der Waals surface area contributed by atoms with E-state index in [1.54, 1.807) is 0 Å². The fourth-order valence-corrected chi connectivity index (χ4v) is 8.34. The van der Waals surface area contributed by atoms with Gasteiger partial charge in [0, 0.05) is 12.8 Å². The average molecular weight is 953 g/mol. The van der Waals surface area contributed by atoms with Gasteiger partial charge in [-0.25, -0.2) is 0 Å². The first kappa shape index (κ1) is 61.4. The Morgan fingerprint density at radius 3 is 1.42 bits per heavy atom. The molecule has 1 aliphatic heterocycles. The topological polar surface area (TPSA) is 186 Å². The van der Waals surface area contributed by atoms with Crippen LogP contribution in [0.5, 0.6) is 0 Å². The van der Waals surface area contributed by atoms with Gasteiger partial charge in [0.2, 0.25) is 0 Å². The minimum absolute atomic E-state index is 0.124. The summed E-state index contributed by atoms with van der Waals surface area (Å²) in [5.74, 6) is -2.02. The number of esters is 2. The number of allylic oxidation sites excluding steroid dienone is 10. The average Bonchev–Trinajstić information content (AvgIpc) is 3.28. The monoisotopic (exact) mass is 953 g/mol. The molecule has 66 heavy (non-hydrogen) atoms. The predicted molar refractivity (Wildman–Crippen MR) is 265 cm³/mol. The van der Waals surface area contributed by atoms with E-state index in [0.717, 1.165) is 70.6 Å². The van der Waals surface area contributed by atoms with E-state index in [2.05, 4.69) is 74.6 Å². The van der Waals surface area contributed by atoms with Crippen molar-refractivity contribution in [1.29, 1.82) is 0 Å². The lowest BCUT2D eigenvalue weighted by molar-refractivity contribution is -0.297. The highest BCUT2D eigenvalue weighted by Gasteiger charge is 2.46. The summed E-state index contributed by atoms with van der Waals surface area (Å²) in [5.41, 5.74) is 0. The van der Waals surface area contributed by atoms with Gasteiger partial charge in [0.15, 0.2) is 12.4 Å². The molecule has 1 saturated heterocycles. The molecule has 6 atom stereocenters. The maximum absolute atomic E-state index is 12.9. The molecule has 0 aromatic heterocycles. The van der Waals surface area contributed by atoms with Crippen LogP contribution < -0.4 is 0 Å². The first-order valence-electron chi connectivity index (χ1n) is 25.8. The molecule has 4 N–H and O–H groups in total. The SMILES string of the molecule is CC/C=C/C/C=C/C/C=C/C/C=C/C/C=C/CCCCCC(=O)O[C@H](COC(=O)CCCCCCCCCCCCCCCCCCCCC)CO[C@H]1O[C@H](CS(=O)(=O)O)[C@@H](O)C(O)C1O. The Morgan fingerprint density at radius 2 is 0.955 bits per heavy atom. The molecule has 1 heterocycles. The highest BCUT2D eigenvalue weighted by atomic mass is 32.2. The van der Waals surface area contributed by atoms with Crippen LogP contribution in [0.15, 0.2) is 60.8 Å². The zero-order chi connectivity index (χ0) is 48.4. The lowest BCUT2D eigenvalue weighted by atomic mass is 10.00. The van der Waals surface area contributed by atoms with Crippen molar-refractivity contribution in [3.8, 4) is 0 Å². The van der Waals surface area contributed by atoms with Gasteiger partial charge in [-0.2, -0.15) is 8.42 Å². The van der Waals surface area contributed by atoms with Crippen molar-refractivity contribution in [2.75, 3.05) is 19.0 Å². The van der Waals surface area contributed by atoms with E-state index >= 15 is 0 Å². The molecule has 1 aliphatic rings. The molecule has 0 amide bonds. The molecule has 13 heteroatoms. The number of ether oxygens (including phenoxy) is 4. The van der Waals surface area contributed by atoms with Crippen LogP contribution in [0, 0.1) is 0 Å². The highest BCUT2D eigenvalue weighted by molar-refractivity contribution is 7.85. The Kier molecular flexibility index (Phi) is 39.5. The third kappa shape index (κ3) is 36.4. The fourth-order valence-electron chi connectivity index (χ4n) is 7.65. The number of aliphatic hydroxyl groups excluding tert-OH is 3. The van der Waals surface area contributed by atoms with Crippen LogP contribution in [0.1, 0.15) is 206 Å². The molecule has 0 aromatic carbocycles. The molecule has 0 aromatic rings.